The fraction of sp³-hybridized carbons (Fsp3) is 0.562. The SMILES string of the molecule is NC1CCCC2CN(CC(=O)Nc3ccc(F)c(Cl)c3)CC12. The van der Waals surface area contributed by atoms with Crippen molar-refractivity contribution in [2.45, 2.75) is 25.3 Å². The second-order valence-corrected chi connectivity index (χ2v) is 6.80. The fourth-order valence-corrected chi connectivity index (χ4v) is 3.90. The van der Waals surface area contributed by atoms with E-state index in [0.717, 1.165) is 19.5 Å². The first-order valence-electron chi connectivity index (χ1n) is 7.76. The van der Waals surface area contributed by atoms with Crippen molar-refractivity contribution >= 4 is 23.2 Å². The summed E-state index contributed by atoms with van der Waals surface area (Å²) in [5.74, 6) is 0.547. The summed E-state index contributed by atoms with van der Waals surface area (Å²) in [4.78, 5) is 14.3. The minimum atomic E-state index is -0.489. The van der Waals surface area contributed by atoms with Gasteiger partial charge in [-0.25, -0.2) is 4.39 Å². The number of nitrogens with zero attached hydrogens (tertiary/aromatic N) is 1. The average Bonchev–Trinajstić information content (AvgIpc) is 2.87. The van der Waals surface area contributed by atoms with Crippen molar-refractivity contribution in [3.8, 4) is 0 Å². The van der Waals surface area contributed by atoms with E-state index in [1.165, 1.54) is 31.0 Å². The van der Waals surface area contributed by atoms with Crippen LogP contribution in [0.3, 0.4) is 0 Å². The van der Waals surface area contributed by atoms with E-state index in [-0.39, 0.29) is 17.0 Å². The molecular weight excluding hydrogens is 305 g/mol. The summed E-state index contributed by atoms with van der Waals surface area (Å²) < 4.78 is 13.1. The molecule has 120 valence electrons. The summed E-state index contributed by atoms with van der Waals surface area (Å²) in [5, 5.41) is 2.78. The topological polar surface area (TPSA) is 58.4 Å². The normalized spacial score (nSPS) is 28.4. The molecule has 1 saturated carbocycles. The van der Waals surface area contributed by atoms with Crippen molar-refractivity contribution in [1.82, 2.24) is 4.90 Å². The lowest BCUT2D eigenvalue weighted by molar-refractivity contribution is -0.117. The molecule has 1 aliphatic carbocycles. The Kier molecular flexibility index (Phi) is 4.66. The number of nitrogens with two attached hydrogens (primary N) is 1. The summed E-state index contributed by atoms with van der Waals surface area (Å²) >= 11 is 5.72. The Labute approximate surface area is 134 Å². The molecule has 1 aromatic rings. The van der Waals surface area contributed by atoms with Gasteiger partial charge in [-0.05, 0) is 42.9 Å². The van der Waals surface area contributed by atoms with Crippen LogP contribution < -0.4 is 11.1 Å². The summed E-state index contributed by atoms with van der Waals surface area (Å²) in [7, 11) is 0. The number of nitrogens with one attached hydrogen (secondary N) is 1. The molecule has 1 heterocycles. The zero-order chi connectivity index (χ0) is 15.7. The molecule has 0 aromatic heterocycles. The van der Waals surface area contributed by atoms with Crippen LogP contribution in [-0.2, 0) is 4.79 Å². The molecule has 0 bridgehead atoms. The molecule has 3 unspecified atom stereocenters. The zero-order valence-electron chi connectivity index (χ0n) is 12.4. The number of carbonyl (C=O) groups is 1. The number of fused-ring (bicyclic) bond motifs is 1. The number of halogens is 2. The molecule has 3 rings (SSSR count). The maximum absolute atomic E-state index is 13.1. The van der Waals surface area contributed by atoms with E-state index in [2.05, 4.69) is 10.2 Å². The molecule has 4 nitrogen and oxygen atoms in total. The minimum absolute atomic E-state index is 0.0102. The Morgan fingerprint density at radius 1 is 1.41 bits per heavy atom. The largest absolute Gasteiger partial charge is 0.327 e. The summed E-state index contributed by atoms with van der Waals surface area (Å²) in [5.41, 5.74) is 6.71. The van der Waals surface area contributed by atoms with E-state index in [0.29, 0.717) is 24.1 Å². The van der Waals surface area contributed by atoms with Gasteiger partial charge in [0.1, 0.15) is 5.82 Å². The molecule has 0 spiro atoms. The lowest BCUT2D eigenvalue weighted by Crippen LogP contribution is -2.38. The Hall–Kier alpha value is -1.17. The number of carbonyl (C=O) groups excluding carboxylic acids is 1. The lowest BCUT2D eigenvalue weighted by Gasteiger charge is -2.29. The van der Waals surface area contributed by atoms with Gasteiger partial charge in [0.25, 0.3) is 0 Å². The van der Waals surface area contributed by atoms with Gasteiger partial charge in [-0.15, -0.1) is 0 Å². The van der Waals surface area contributed by atoms with Gasteiger partial charge in [-0.2, -0.15) is 0 Å². The van der Waals surface area contributed by atoms with Crippen LogP contribution in [0.5, 0.6) is 0 Å². The highest BCUT2D eigenvalue weighted by Crippen LogP contribution is 2.35. The maximum Gasteiger partial charge on any atom is 0.238 e. The van der Waals surface area contributed by atoms with Crippen LogP contribution in [0.1, 0.15) is 19.3 Å². The molecule has 1 amide bonds. The van der Waals surface area contributed by atoms with E-state index < -0.39 is 5.82 Å². The van der Waals surface area contributed by atoms with Gasteiger partial charge in [0.2, 0.25) is 5.91 Å². The molecule has 1 aliphatic heterocycles. The van der Waals surface area contributed by atoms with Crippen LogP contribution in [0.4, 0.5) is 10.1 Å². The molecule has 22 heavy (non-hydrogen) atoms. The van der Waals surface area contributed by atoms with Crippen LogP contribution in [0.15, 0.2) is 18.2 Å². The molecule has 2 fully saturated rings. The third-order valence-electron chi connectivity index (χ3n) is 4.80. The van der Waals surface area contributed by atoms with E-state index in [1.54, 1.807) is 0 Å². The van der Waals surface area contributed by atoms with Crippen molar-refractivity contribution in [2.24, 2.45) is 17.6 Å². The highest BCUT2D eigenvalue weighted by atomic mass is 35.5. The van der Waals surface area contributed by atoms with Gasteiger partial charge >= 0.3 is 0 Å². The van der Waals surface area contributed by atoms with Crippen LogP contribution in [0, 0.1) is 17.7 Å². The molecule has 6 heteroatoms. The van der Waals surface area contributed by atoms with Crippen LogP contribution in [0.25, 0.3) is 0 Å². The van der Waals surface area contributed by atoms with Gasteiger partial charge in [-0.1, -0.05) is 18.0 Å². The van der Waals surface area contributed by atoms with Crippen molar-refractivity contribution in [2.75, 3.05) is 25.0 Å². The monoisotopic (exact) mass is 325 g/mol. The first kappa shape index (κ1) is 15.7. The maximum atomic E-state index is 13.1. The van der Waals surface area contributed by atoms with Gasteiger partial charge in [0, 0.05) is 24.8 Å². The van der Waals surface area contributed by atoms with Crippen LogP contribution in [-0.4, -0.2) is 36.5 Å². The molecule has 3 N–H and O–H groups in total. The lowest BCUT2D eigenvalue weighted by atomic mass is 9.78. The van der Waals surface area contributed by atoms with E-state index >= 15 is 0 Å². The standard InChI is InChI=1S/C16H21ClFN3O/c17-13-6-11(4-5-14(13)18)20-16(22)9-21-7-10-2-1-3-15(19)12(10)8-21/h4-6,10,12,15H,1-3,7-9,19H2,(H,20,22). The van der Waals surface area contributed by atoms with Gasteiger partial charge in [-0.3, -0.25) is 9.69 Å². The molecule has 1 saturated heterocycles. The summed E-state index contributed by atoms with van der Waals surface area (Å²) in [6.45, 7) is 2.17. The Morgan fingerprint density at radius 3 is 2.95 bits per heavy atom. The van der Waals surface area contributed by atoms with Crippen molar-refractivity contribution < 1.29 is 9.18 Å². The predicted molar refractivity (Wildman–Crippen MR) is 85.3 cm³/mol. The van der Waals surface area contributed by atoms with Crippen LogP contribution in [0.2, 0.25) is 5.02 Å². The first-order valence-corrected chi connectivity index (χ1v) is 8.13. The number of benzene rings is 1. The number of anilines is 1. The highest BCUT2D eigenvalue weighted by molar-refractivity contribution is 6.31. The highest BCUT2D eigenvalue weighted by Gasteiger charge is 2.38. The molecule has 0 radical (unpaired) electrons. The second kappa shape index (κ2) is 6.52. The number of hydrogen-bond acceptors (Lipinski definition) is 3. The first-order chi connectivity index (χ1) is 10.5. The minimum Gasteiger partial charge on any atom is -0.327 e. The van der Waals surface area contributed by atoms with E-state index in [9.17, 15) is 9.18 Å². The Bertz CT molecular complexity index is 568. The summed E-state index contributed by atoms with van der Waals surface area (Å²) in [6.07, 6.45) is 3.50. The third kappa shape index (κ3) is 3.42. The number of amides is 1. The van der Waals surface area contributed by atoms with Crippen molar-refractivity contribution in [3.05, 3.63) is 29.0 Å². The van der Waals surface area contributed by atoms with Gasteiger partial charge in [0.05, 0.1) is 11.6 Å². The van der Waals surface area contributed by atoms with Gasteiger partial charge < -0.3 is 11.1 Å². The Morgan fingerprint density at radius 2 is 2.23 bits per heavy atom. The molecular formula is C16H21ClFN3O. The quantitative estimate of drug-likeness (QED) is 0.897. The van der Waals surface area contributed by atoms with E-state index in [4.69, 9.17) is 17.3 Å². The van der Waals surface area contributed by atoms with Crippen LogP contribution >= 0.6 is 11.6 Å². The third-order valence-corrected chi connectivity index (χ3v) is 5.09. The number of likely N-dealkylation sites (tertiary alicyclic amines) is 1. The molecule has 1 aromatic carbocycles. The van der Waals surface area contributed by atoms with Crippen molar-refractivity contribution in [3.63, 3.8) is 0 Å². The zero-order valence-corrected chi connectivity index (χ0v) is 13.2. The predicted octanol–water partition coefficient (Wildman–Crippen LogP) is 2.48. The Balaban J connectivity index is 1.55. The smallest absolute Gasteiger partial charge is 0.238 e. The summed E-state index contributed by atoms with van der Waals surface area (Å²) in [6, 6.07) is 4.46. The second-order valence-electron chi connectivity index (χ2n) is 6.39. The molecule has 3 atom stereocenters. The van der Waals surface area contributed by atoms with E-state index in [1.807, 2.05) is 0 Å². The number of rotatable bonds is 3. The van der Waals surface area contributed by atoms with Gasteiger partial charge in [0.15, 0.2) is 0 Å². The van der Waals surface area contributed by atoms with Crippen molar-refractivity contribution in [1.29, 1.82) is 0 Å². The number of hydrogen-bond donors (Lipinski definition) is 2. The average molecular weight is 326 g/mol. The molecule has 2 aliphatic rings. The fourth-order valence-electron chi connectivity index (χ4n) is 3.72.